The Hall–Kier alpha value is -6.18. The van der Waals surface area contributed by atoms with Crippen LogP contribution in [-0.4, -0.2) is 46.6 Å². The first-order chi connectivity index (χ1) is 23.3. The molecule has 0 fully saturated rings. The average Bonchev–Trinajstić information content (AvgIpc) is 3.09. The van der Waals surface area contributed by atoms with Gasteiger partial charge in [-0.15, -0.1) is 0 Å². The molecule has 0 aromatic heterocycles. The van der Waals surface area contributed by atoms with Crippen LogP contribution in [-0.2, 0) is 0 Å². The Kier molecular flexibility index (Phi) is 5.80. The number of allylic oxidation sites excluding steroid dienone is 3. The molecule has 7 heteroatoms. The molecule has 232 valence electrons. The van der Waals surface area contributed by atoms with Crippen LogP contribution in [0, 0.1) is 22.7 Å². The summed E-state index contributed by atoms with van der Waals surface area (Å²) in [7, 11) is 8.39. The number of hydrogen-bond acceptors (Lipinski definition) is 7. The number of aliphatic hydroxyl groups is 1. The molecule has 1 unspecified atom stereocenters. The van der Waals surface area contributed by atoms with Crippen LogP contribution < -0.4 is 19.6 Å². The standard InChI is InChI=1S/C41H32N6O/c1-44-21-46(3)39-26-11-7-5-9-23(26)17-30-28(13-15-32(44)35(30)39)37-34(25(19-42)20-43)38(41(37)48)29-14-16-33-36-31(29)18-24-10-6-8-12-27(24)40(36)47(4)22-45(33)2/h5-18,37,48H,21-22H2,1-4H3. The Bertz CT molecular complexity index is 2570. The fourth-order valence-electron chi connectivity index (χ4n) is 8.61. The van der Waals surface area contributed by atoms with E-state index in [1.807, 2.05) is 18.2 Å². The van der Waals surface area contributed by atoms with E-state index in [-0.39, 0.29) is 11.3 Å². The van der Waals surface area contributed by atoms with Crippen LogP contribution in [0.15, 0.2) is 102 Å². The van der Waals surface area contributed by atoms with Crippen LogP contribution >= 0.6 is 0 Å². The van der Waals surface area contributed by atoms with Gasteiger partial charge in [0.05, 0.1) is 30.6 Å². The number of benzene rings is 6. The first kappa shape index (κ1) is 28.1. The van der Waals surface area contributed by atoms with E-state index in [0.29, 0.717) is 11.1 Å². The van der Waals surface area contributed by atoms with Gasteiger partial charge in [0, 0.05) is 72.3 Å². The van der Waals surface area contributed by atoms with Crippen LogP contribution in [0.5, 0.6) is 0 Å². The van der Waals surface area contributed by atoms with Gasteiger partial charge in [0.2, 0.25) is 0 Å². The normalized spacial score (nSPS) is 17.0. The molecule has 6 aromatic carbocycles. The molecule has 1 atom stereocenters. The van der Waals surface area contributed by atoms with Gasteiger partial charge in [0.25, 0.3) is 0 Å². The first-order valence-corrected chi connectivity index (χ1v) is 16.1. The Morgan fingerprint density at radius 3 is 1.75 bits per heavy atom. The van der Waals surface area contributed by atoms with Crippen LogP contribution in [0.25, 0.3) is 48.7 Å². The molecule has 1 N–H and O–H groups in total. The van der Waals surface area contributed by atoms with Gasteiger partial charge in [0.1, 0.15) is 23.5 Å². The van der Waals surface area contributed by atoms with Crippen molar-refractivity contribution < 1.29 is 5.11 Å². The molecule has 0 saturated carbocycles. The van der Waals surface area contributed by atoms with Crippen molar-refractivity contribution in [2.75, 3.05) is 61.1 Å². The second-order valence-corrected chi connectivity index (χ2v) is 13.3. The van der Waals surface area contributed by atoms with E-state index < -0.39 is 5.92 Å². The number of rotatable bonds is 2. The lowest BCUT2D eigenvalue weighted by molar-refractivity contribution is 0.370. The summed E-state index contributed by atoms with van der Waals surface area (Å²) in [6.07, 6.45) is 0. The summed E-state index contributed by atoms with van der Waals surface area (Å²) in [5.74, 6) is -0.444. The van der Waals surface area contributed by atoms with Gasteiger partial charge >= 0.3 is 0 Å². The van der Waals surface area contributed by atoms with Gasteiger partial charge in [-0.3, -0.25) is 0 Å². The van der Waals surface area contributed by atoms with Gasteiger partial charge in [0.15, 0.2) is 0 Å². The Morgan fingerprint density at radius 1 is 0.646 bits per heavy atom. The average molecular weight is 625 g/mol. The predicted molar refractivity (Wildman–Crippen MR) is 197 cm³/mol. The molecule has 0 spiro atoms. The maximum atomic E-state index is 12.2. The number of hydrogen-bond donors (Lipinski definition) is 1. The van der Waals surface area contributed by atoms with Gasteiger partial charge < -0.3 is 24.7 Å². The highest BCUT2D eigenvalue weighted by Crippen LogP contribution is 2.57. The lowest BCUT2D eigenvalue weighted by Gasteiger charge is -2.40. The Morgan fingerprint density at radius 2 is 1.17 bits per heavy atom. The zero-order valence-electron chi connectivity index (χ0n) is 27.2. The lowest BCUT2D eigenvalue weighted by Crippen LogP contribution is -2.36. The van der Waals surface area contributed by atoms with Crippen molar-refractivity contribution in [2.45, 2.75) is 5.92 Å². The summed E-state index contributed by atoms with van der Waals surface area (Å²) in [5, 5.41) is 41.7. The number of aliphatic hydroxyl groups excluding tert-OH is 1. The number of fused-ring (bicyclic) bond motifs is 4. The van der Waals surface area contributed by atoms with Gasteiger partial charge in [-0.1, -0.05) is 60.7 Å². The predicted octanol–water partition coefficient (Wildman–Crippen LogP) is 8.40. The van der Waals surface area contributed by atoms with Crippen molar-refractivity contribution in [3.63, 3.8) is 0 Å². The third kappa shape index (κ3) is 3.56. The SMILES string of the molecule is CN1CN(C)c2c3ccccc3cc3c(C4=C(O)C(c5ccc6c7c(c8ccccc8cc57)N(C)CN6C)C4=C(C#N)C#N)ccc1c23. The number of nitrogens with zero attached hydrogens (tertiary/aromatic N) is 6. The molecule has 0 saturated heterocycles. The summed E-state index contributed by atoms with van der Waals surface area (Å²) in [4.78, 5) is 8.99. The highest BCUT2D eigenvalue weighted by molar-refractivity contribution is 6.21. The zero-order chi connectivity index (χ0) is 33.0. The largest absolute Gasteiger partial charge is 0.511 e. The molecule has 9 rings (SSSR count). The quantitative estimate of drug-likeness (QED) is 0.153. The second kappa shape index (κ2) is 9.91. The minimum Gasteiger partial charge on any atom is -0.511 e. The summed E-state index contributed by atoms with van der Waals surface area (Å²) >= 11 is 0. The summed E-state index contributed by atoms with van der Waals surface area (Å²) in [5.41, 5.74) is 7.39. The van der Waals surface area contributed by atoms with Crippen LogP contribution in [0.4, 0.5) is 22.7 Å². The molecule has 0 amide bonds. The first-order valence-electron chi connectivity index (χ1n) is 16.1. The number of nitriles is 2. The van der Waals surface area contributed by atoms with E-state index in [1.165, 1.54) is 10.8 Å². The van der Waals surface area contributed by atoms with Gasteiger partial charge in [-0.05, 0) is 56.9 Å². The smallest absolute Gasteiger partial charge is 0.134 e. The Balaban J connectivity index is 1.36. The van der Waals surface area contributed by atoms with Crippen molar-refractivity contribution in [3.05, 3.63) is 113 Å². The minimum atomic E-state index is -0.622. The molecule has 2 aliphatic heterocycles. The van der Waals surface area contributed by atoms with Crippen molar-refractivity contribution in [2.24, 2.45) is 0 Å². The zero-order valence-corrected chi connectivity index (χ0v) is 27.2. The van der Waals surface area contributed by atoms with Crippen molar-refractivity contribution >= 4 is 71.4 Å². The van der Waals surface area contributed by atoms with E-state index in [0.717, 1.165) is 79.5 Å². The number of anilines is 4. The van der Waals surface area contributed by atoms with E-state index in [4.69, 9.17) is 0 Å². The second-order valence-electron chi connectivity index (χ2n) is 13.3. The Labute approximate surface area is 278 Å². The molecule has 3 aliphatic rings. The van der Waals surface area contributed by atoms with Gasteiger partial charge in [-0.25, -0.2) is 0 Å². The molecular weight excluding hydrogens is 592 g/mol. The fourth-order valence-corrected chi connectivity index (χ4v) is 8.61. The molecule has 48 heavy (non-hydrogen) atoms. The van der Waals surface area contributed by atoms with Crippen LogP contribution in [0.1, 0.15) is 17.0 Å². The summed E-state index contributed by atoms with van der Waals surface area (Å²) < 4.78 is 0. The highest BCUT2D eigenvalue weighted by Gasteiger charge is 2.42. The van der Waals surface area contributed by atoms with Crippen molar-refractivity contribution in [1.29, 1.82) is 10.5 Å². The maximum Gasteiger partial charge on any atom is 0.134 e. The molecule has 0 bridgehead atoms. The van der Waals surface area contributed by atoms with Crippen LogP contribution in [0.3, 0.4) is 0 Å². The molecule has 0 radical (unpaired) electrons. The maximum absolute atomic E-state index is 12.2. The van der Waals surface area contributed by atoms with E-state index >= 15 is 0 Å². The fraction of sp³-hybridized carbons (Fsp3) is 0.171. The minimum absolute atomic E-state index is 0.0203. The van der Waals surface area contributed by atoms with Gasteiger partial charge in [-0.2, -0.15) is 10.5 Å². The molecule has 2 heterocycles. The third-order valence-corrected chi connectivity index (χ3v) is 10.6. The molecule has 1 aliphatic carbocycles. The van der Waals surface area contributed by atoms with Crippen molar-refractivity contribution in [3.8, 4) is 12.1 Å². The summed E-state index contributed by atoms with van der Waals surface area (Å²) in [6.45, 7) is 1.49. The molecular formula is C41H32N6O. The highest BCUT2D eigenvalue weighted by atomic mass is 16.3. The third-order valence-electron chi connectivity index (χ3n) is 10.6. The molecule has 6 aromatic rings. The van der Waals surface area contributed by atoms with Crippen molar-refractivity contribution in [1.82, 2.24) is 0 Å². The van der Waals surface area contributed by atoms with E-state index in [2.05, 4.69) is 127 Å². The molecule has 7 nitrogen and oxygen atoms in total. The van der Waals surface area contributed by atoms with E-state index in [1.54, 1.807) is 0 Å². The lowest BCUT2D eigenvalue weighted by atomic mass is 9.68. The topological polar surface area (TPSA) is 80.8 Å². The van der Waals surface area contributed by atoms with E-state index in [9.17, 15) is 15.6 Å². The summed E-state index contributed by atoms with van der Waals surface area (Å²) in [6, 6.07) is 33.9. The monoisotopic (exact) mass is 624 g/mol. The van der Waals surface area contributed by atoms with Crippen LogP contribution in [0.2, 0.25) is 0 Å².